The molecule has 0 aromatic heterocycles. The van der Waals surface area contributed by atoms with Crippen LogP contribution in [0.4, 0.5) is 16.2 Å². The highest BCUT2D eigenvalue weighted by Crippen LogP contribution is 2.16. The second-order valence-electron chi connectivity index (χ2n) is 9.01. The lowest BCUT2D eigenvalue weighted by Gasteiger charge is -2.23. The number of anilines is 1. The first-order valence-corrected chi connectivity index (χ1v) is 13.0. The molecule has 0 aliphatic heterocycles. The normalized spacial score (nSPS) is 11.2. The van der Waals surface area contributed by atoms with Crippen molar-refractivity contribution in [1.29, 1.82) is 0 Å². The van der Waals surface area contributed by atoms with Gasteiger partial charge < -0.3 is 43.6 Å². The Balaban J connectivity index is 0.00000924. The first-order chi connectivity index (χ1) is 20.0. The van der Waals surface area contributed by atoms with Gasteiger partial charge in [-0.25, -0.2) is 4.79 Å². The summed E-state index contributed by atoms with van der Waals surface area (Å²) < 4.78 is 5.25. The van der Waals surface area contributed by atoms with Crippen LogP contribution in [0.5, 0.6) is 0 Å². The van der Waals surface area contributed by atoms with Gasteiger partial charge in [-0.15, -0.1) is 24.8 Å². The molecule has 0 aliphatic carbocycles. The maximum Gasteiger partial charge on any atom is 0.408 e. The number of hydrogen-bond acceptors (Lipinski definition) is 8. The van der Waals surface area contributed by atoms with E-state index in [4.69, 9.17) is 27.7 Å². The topological polar surface area (TPSA) is 268 Å². The van der Waals surface area contributed by atoms with Crippen molar-refractivity contribution in [3.63, 3.8) is 0 Å². The Morgan fingerprint density at radius 1 is 0.795 bits per heavy atom. The fourth-order valence-electron chi connectivity index (χ4n) is 3.62. The second-order valence-corrected chi connectivity index (χ2v) is 9.01. The van der Waals surface area contributed by atoms with Crippen molar-refractivity contribution in [2.75, 3.05) is 18.4 Å². The summed E-state index contributed by atoms with van der Waals surface area (Å²) in [5, 5.41) is 18.7. The third kappa shape index (κ3) is 15.4. The third-order valence-corrected chi connectivity index (χ3v) is 5.69. The van der Waals surface area contributed by atoms with Gasteiger partial charge in [-0.1, -0.05) is 30.3 Å². The molecule has 242 valence electrons. The Bertz CT molecular complexity index is 1260. The number of benzene rings is 2. The molecule has 0 bridgehead atoms. The van der Waals surface area contributed by atoms with Crippen LogP contribution in [-0.2, 0) is 20.9 Å². The standard InChI is InChI=1S/C26H36N10O6.2ClH/c27-24(28)31-14-4-8-20(22(37)33-18-10-12-19(13-11-18)36(40)41)34-23(38)21(9-5-15-32-25(29)30)35-26(39)42-16-17-6-2-1-3-7-17;;/h1-3,6-7,10-13,20-21H,4-5,8-9,14-16H2,(H,33,37)(H,34,38)(H,35,39)(H4,27,28,31)(H4,29,30,32);2*1H/t20-,21-;;/m0../s1. The van der Waals surface area contributed by atoms with Crippen molar-refractivity contribution in [2.24, 2.45) is 32.9 Å². The van der Waals surface area contributed by atoms with E-state index in [1.54, 1.807) is 24.3 Å². The number of rotatable bonds is 16. The molecular weight excluding hydrogens is 619 g/mol. The first kappa shape index (κ1) is 39.2. The number of nitrogens with one attached hydrogen (secondary N) is 3. The first-order valence-electron chi connectivity index (χ1n) is 13.0. The second kappa shape index (κ2) is 21.0. The van der Waals surface area contributed by atoms with E-state index in [2.05, 4.69) is 25.9 Å². The molecule has 2 aromatic rings. The summed E-state index contributed by atoms with van der Waals surface area (Å²) in [5.74, 6) is -1.48. The van der Waals surface area contributed by atoms with Gasteiger partial charge in [0.1, 0.15) is 18.7 Å². The minimum absolute atomic E-state index is 0. The van der Waals surface area contributed by atoms with E-state index in [9.17, 15) is 24.5 Å². The number of carbonyl (C=O) groups excluding carboxylic acids is 3. The quantitative estimate of drug-likeness (QED) is 0.0446. The molecule has 2 aromatic carbocycles. The van der Waals surface area contributed by atoms with Gasteiger partial charge in [-0.05, 0) is 43.4 Å². The molecule has 0 heterocycles. The van der Waals surface area contributed by atoms with Gasteiger partial charge in [-0.2, -0.15) is 0 Å². The number of non-ortho nitro benzene ring substituents is 1. The van der Waals surface area contributed by atoms with Crippen molar-refractivity contribution in [1.82, 2.24) is 10.6 Å². The van der Waals surface area contributed by atoms with Crippen molar-refractivity contribution in [3.8, 4) is 0 Å². The summed E-state index contributed by atoms with van der Waals surface area (Å²) in [7, 11) is 0. The van der Waals surface area contributed by atoms with Crippen LogP contribution in [0.15, 0.2) is 64.6 Å². The molecule has 0 radical (unpaired) electrons. The predicted molar refractivity (Wildman–Crippen MR) is 172 cm³/mol. The van der Waals surface area contributed by atoms with Gasteiger partial charge in [0, 0.05) is 30.9 Å². The molecule has 0 saturated carbocycles. The van der Waals surface area contributed by atoms with E-state index in [0.29, 0.717) is 12.8 Å². The van der Waals surface area contributed by atoms with Crippen molar-refractivity contribution >= 4 is 66.0 Å². The van der Waals surface area contributed by atoms with E-state index in [1.165, 1.54) is 24.3 Å². The summed E-state index contributed by atoms with van der Waals surface area (Å²) in [6.45, 7) is 0.390. The highest BCUT2D eigenvalue weighted by molar-refractivity contribution is 5.98. The predicted octanol–water partition coefficient (Wildman–Crippen LogP) is 1.26. The maximum atomic E-state index is 13.3. The van der Waals surface area contributed by atoms with Crippen LogP contribution in [0.3, 0.4) is 0 Å². The molecular formula is C26H38Cl2N10O6. The van der Waals surface area contributed by atoms with Crippen LogP contribution >= 0.6 is 24.8 Å². The minimum atomic E-state index is -1.09. The zero-order valence-corrected chi connectivity index (χ0v) is 25.4. The number of amides is 3. The van der Waals surface area contributed by atoms with E-state index < -0.39 is 34.9 Å². The number of carbonyl (C=O) groups is 3. The van der Waals surface area contributed by atoms with E-state index >= 15 is 0 Å². The number of hydrogen-bond donors (Lipinski definition) is 7. The van der Waals surface area contributed by atoms with Crippen molar-refractivity contribution < 1.29 is 24.0 Å². The minimum Gasteiger partial charge on any atom is -0.445 e. The molecule has 0 unspecified atom stereocenters. The van der Waals surface area contributed by atoms with Gasteiger partial charge in [-0.3, -0.25) is 29.7 Å². The van der Waals surface area contributed by atoms with Gasteiger partial charge in [0.25, 0.3) is 5.69 Å². The highest BCUT2D eigenvalue weighted by Gasteiger charge is 2.27. The number of alkyl carbamates (subject to hydrolysis) is 1. The Labute approximate surface area is 266 Å². The van der Waals surface area contributed by atoms with E-state index in [1.807, 2.05) is 6.07 Å². The molecule has 16 nitrogen and oxygen atoms in total. The smallest absolute Gasteiger partial charge is 0.408 e. The van der Waals surface area contributed by atoms with Gasteiger partial charge in [0.05, 0.1) is 4.92 Å². The summed E-state index contributed by atoms with van der Waals surface area (Å²) >= 11 is 0. The van der Waals surface area contributed by atoms with Crippen LogP contribution < -0.4 is 38.9 Å². The van der Waals surface area contributed by atoms with E-state index in [0.717, 1.165) is 5.56 Å². The lowest BCUT2D eigenvalue weighted by molar-refractivity contribution is -0.384. The Hall–Kier alpha value is -4.83. The van der Waals surface area contributed by atoms with Gasteiger partial charge >= 0.3 is 6.09 Å². The molecule has 44 heavy (non-hydrogen) atoms. The average molecular weight is 658 g/mol. The Morgan fingerprint density at radius 2 is 1.32 bits per heavy atom. The molecule has 3 amide bonds. The van der Waals surface area contributed by atoms with Crippen LogP contribution in [0.2, 0.25) is 0 Å². The summed E-state index contributed by atoms with van der Waals surface area (Å²) in [4.78, 5) is 57.1. The molecule has 0 fully saturated rings. The molecule has 0 spiro atoms. The molecule has 11 N–H and O–H groups in total. The number of halogens is 2. The molecule has 0 aliphatic rings. The lowest BCUT2D eigenvalue weighted by Crippen LogP contribution is -2.52. The monoisotopic (exact) mass is 656 g/mol. The summed E-state index contributed by atoms with van der Waals surface area (Å²) in [5.41, 5.74) is 22.3. The van der Waals surface area contributed by atoms with Crippen LogP contribution in [0.1, 0.15) is 31.2 Å². The van der Waals surface area contributed by atoms with Crippen LogP contribution in [0, 0.1) is 10.1 Å². The van der Waals surface area contributed by atoms with Crippen molar-refractivity contribution in [3.05, 3.63) is 70.3 Å². The largest absolute Gasteiger partial charge is 0.445 e. The van der Waals surface area contributed by atoms with Crippen LogP contribution in [-0.4, -0.2) is 59.9 Å². The summed E-state index contributed by atoms with van der Waals surface area (Å²) in [6, 6.07) is 12.0. The third-order valence-electron chi connectivity index (χ3n) is 5.69. The number of nitrogens with zero attached hydrogens (tertiary/aromatic N) is 3. The fourth-order valence-corrected chi connectivity index (χ4v) is 3.62. The van der Waals surface area contributed by atoms with Crippen LogP contribution in [0.25, 0.3) is 0 Å². The van der Waals surface area contributed by atoms with Gasteiger partial charge in [0.2, 0.25) is 11.8 Å². The average Bonchev–Trinajstić information content (AvgIpc) is 2.95. The Kier molecular flexibility index (Phi) is 18.7. The lowest BCUT2D eigenvalue weighted by atomic mass is 10.1. The van der Waals surface area contributed by atoms with Crippen molar-refractivity contribution in [2.45, 2.75) is 44.4 Å². The number of ether oxygens (including phenoxy) is 1. The number of aliphatic imine (C=N–C) groups is 2. The summed E-state index contributed by atoms with van der Waals surface area (Å²) in [6.07, 6.45) is 0.103. The molecule has 18 heteroatoms. The SMILES string of the molecule is Cl.Cl.NC(N)=NCCC[C@H](NC(=O)OCc1ccccc1)C(=O)N[C@@H](CCCN=C(N)N)C(=O)Nc1ccc([N+](=O)[O-])cc1. The number of nitrogens with two attached hydrogens (primary N) is 4. The molecule has 2 rings (SSSR count). The number of nitro benzene ring substituents is 1. The zero-order chi connectivity index (χ0) is 30.9. The number of nitro groups is 1. The molecule has 2 atom stereocenters. The van der Waals surface area contributed by atoms with E-state index in [-0.39, 0.29) is 80.6 Å². The highest BCUT2D eigenvalue weighted by atomic mass is 35.5. The fraction of sp³-hybridized carbons (Fsp3) is 0.346. The molecule has 0 saturated heterocycles. The Morgan fingerprint density at radius 3 is 1.82 bits per heavy atom. The zero-order valence-electron chi connectivity index (χ0n) is 23.7. The maximum absolute atomic E-state index is 13.3. The van der Waals surface area contributed by atoms with Gasteiger partial charge in [0.15, 0.2) is 11.9 Å². The number of guanidine groups is 2.